The molecule has 0 aliphatic carbocycles. The molecule has 0 aliphatic heterocycles. The maximum absolute atomic E-state index is 12.3. The molecule has 27 heteroatoms. The molecule has 0 amide bonds. The van der Waals surface area contributed by atoms with E-state index in [0.29, 0.717) is 29.3 Å². The summed E-state index contributed by atoms with van der Waals surface area (Å²) in [6.45, 7) is 3.06. The van der Waals surface area contributed by atoms with Crippen LogP contribution >= 0.6 is 23.6 Å². The van der Waals surface area contributed by atoms with Gasteiger partial charge >= 0.3 is 0 Å². The Hall–Kier alpha value is -5.86. The van der Waals surface area contributed by atoms with Crippen molar-refractivity contribution in [2.75, 3.05) is 10.6 Å². The van der Waals surface area contributed by atoms with E-state index in [2.05, 4.69) is 57.1 Å². The van der Waals surface area contributed by atoms with Gasteiger partial charge in [0.15, 0.2) is 5.75 Å². The average molecular weight is 906 g/mol. The third-order valence-corrected chi connectivity index (χ3v) is 10.7. The van der Waals surface area contributed by atoms with Gasteiger partial charge < -0.3 is 20.3 Å². The van der Waals surface area contributed by atoms with Gasteiger partial charge in [-0.25, -0.2) is 4.89 Å². The van der Waals surface area contributed by atoms with E-state index in [1.165, 1.54) is 6.07 Å². The first-order valence-electron chi connectivity index (χ1n) is 15.8. The van der Waals surface area contributed by atoms with Crippen LogP contribution in [0.15, 0.2) is 90.1 Å². The number of nitrogens with one attached hydrogen (secondary N) is 2. The van der Waals surface area contributed by atoms with Crippen molar-refractivity contribution in [3.63, 3.8) is 0 Å². The lowest BCUT2D eigenvalue weighted by atomic mass is 10.0. The van der Waals surface area contributed by atoms with Crippen LogP contribution in [0, 0.1) is 18.1 Å². The van der Waals surface area contributed by atoms with Crippen LogP contribution in [0.1, 0.15) is 18.3 Å². The van der Waals surface area contributed by atoms with Crippen molar-refractivity contribution >= 4 is 99.4 Å². The van der Waals surface area contributed by atoms with Gasteiger partial charge in [0.05, 0.1) is 26.9 Å². The zero-order chi connectivity index (χ0) is 42.7. The number of rotatable bonds is 14. The van der Waals surface area contributed by atoms with E-state index < -0.39 is 73.7 Å². The van der Waals surface area contributed by atoms with Crippen LogP contribution in [0.4, 0.5) is 34.6 Å². The maximum atomic E-state index is 12.3. The van der Waals surface area contributed by atoms with Gasteiger partial charge in [0, 0.05) is 10.9 Å². The summed E-state index contributed by atoms with van der Waals surface area (Å²) in [6, 6.07) is 12.0. The van der Waals surface area contributed by atoms with Gasteiger partial charge in [-0.15, -0.1) is 9.45 Å². The lowest BCUT2D eigenvalue weighted by molar-refractivity contribution is -0.203. The molecule has 0 aliphatic rings. The van der Waals surface area contributed by atoms with Crippen LogP contribution in [-0.2, 0) is 46.2 Å². The second-order valence-electron chi connectivity index (χ2n) is 11.6. The van der Waals surface area contributed by atoms with E-state index in [1.54, 1.807) is 38.1 Å². The molecule has 0 bridgehead atoms. The van der Waals surface area contributed by atoms with E-state index in [-0.39, 0.29) is 46.2 Å². The number of hydrogen-bond donors (Lipinski definition) is 6. The molecule has 59 heavy (non-hydrogen) atoms. The predicted molar refractivity (Wildman–Crippen MR) is 208 cm³/mol. The minimum absolute atomic E-state index is 0.0686. The largest absolute Gasteiger partial charge is 0.505 e. The maximum Gasteiger partial charge on any atom is 0.296 e. The number of fused-ring (bicyclic) bond motifs is 1. The number of halogens is 1. The Kier molecular flexibility index (Phi) is 12.4. The second-order valence-corrected chi connectivity index (χ2v) is 16.7. The summed E-state index contributed by atoms with van der Waals surface area (Å²) in [6.07, 6.45) is 0. The van der Waals surface area contributed by atoms with E-state index in [9.17, 15) is 44.0 Å². The molecule has 0 atom stereocenters. The highest BCUT2D eigenvalue weighted by atomic mass is 35.5. The number of phenolic OH excluding ortho intramolecular Hbond substituents is 1. The van der Waals surface area contributed by atoms with Gasteiger partial charge in [-0.2, -0.15) is 50.3 Å². The lowest BCUT2D eigenvalue weighted by Gasteiger charge is -2.15. The molecule has 0 unspecified atom stereocenters. The van der Waals surface area contributed by atoms with Gasteiger partial charge in [0.2, 0.25) is 23.0 Å². The van der Waals surface area contributed by atoms with Crippen LogP contribution in [0.5, 0.6) is 5.75 Å². The topological polar surface area (TPSA) is 328 Å². The SMILES string of the molecule is CC#CSOOCc1noc(-c2cccc(N=Nc3c(C)cc4cc(S(=O)(=O)O)cc(Nc5nc(Cl)nc(Nc6cc(S(=O)(=O)O)ccc6S(=O)(=O)O)n5)c4c3O)c2)n1. The van der Waals surface area contributed by atoms with Crippen LogP contribution in [0.2, 0.25) is 5.28 Å². The summed E-state index contributed by atoms with van der Waals surface area (Å²) < 4.78 is 111. The highest BCUT2D eigenvalue weighted by Gasteiger charge is 2.23. The third kappa shape index (κ3) is 10.4. The van der Waals surface area contributed by atoms with Crippen molar-refractivity contribution in [1.82, 2.24) is 25.1 Å². The first-order chi connectivity index (χ1) is 27.8. The summed E-state index contributed by atoms with van der Waals surface area (Å²) in [4.78, 5) is 18.8. The van der Waals surface area contributed by atoms with E-state index in [1.807, 2.05) is 0 Å². The fraction of sp³-hybridized carbons (Fsp3) is 0.0938. The molecular formula is C32H24ClN9O13S4. The predicted octanol–water partition coefficient (Wildman–Crippen LogP) is 6.46. The zero-order valence-electron chi connectivity index (χ0n) is 29.6. The summed E-state index contributed by atoms with van der Waals surface area (Å²) in [5.74, 6) is 1.39. The summed E-state index contributed by atoms with van der Waals surface area (Å²) >= 11 is 6.90. The van der Waals surface area contributed by atoms with Crippen molar-refractivity contribution in [3.05, 3.63) is 77.3 Å². The van der Waals surface area contributed by atoms with Gasteiger partial charge in [-0.1, -0.05) is 17.1 Å². The molecule has 4 aromatic carbocycles. The van der Waals surface area contributed by atoms with Crippen molar-refractivity contribution < 1.29 is 57.8 Å². The molecule has 0 radical (unpaired) electrons. The Morgan fingerprint density at radius 2 is 1.54 bits per heavy atom. The highest BCUT2D eigenvalue weighted by Crippen LogP contribution is 2.44. The fourth-order valence-electron chi connectivity index (χ4n) is 5.09. The first-order valence-corrected chi connectivity index (χ1v) is 21.3. The van der Waals surface area contributed by atoms with Crippen LogP contribution in [0.3, 0.4) is 0 Å². The minimum atomic E-state index is -4.99. The molecular weight excluding hydrogens is 882 g/mol. The molecule has 6 N–H and O–H groups in total. The van der Waals surface area contributed by atoms with Gasteiger partial charge in [0.25, 0.3) is 36.2 Å². The lowest BCUT2D eigenvalue weighted by Crippen LogP contribution is -2.09. The van der Waals surface area contributed by atoms with Crippen LogP contribution in [-0.4, -0.2) is 69.1 Å². The Bertz CT molecular complexity index is 3070. The third-order valence-electron chi connectivity index (χ3n) is 7.52. The molecule has 0 saturated carbocycles. The molecule has 2 heterocycles. The highest BCUT2D eigenvalue weighted by molar-refractivity contribution is 7.99. The Labute approximate surface area is 342 Å². The summed E-state index contributed by atoms with van der Waals surface area (Å²) in [5, 5.41) is 31.0. The molecule has 6 aromatic rings. The van der Waals surface area contributed by atoms with Crippen molar-refractivity contribution in [2.24, 2.45) is 10.2 Å². The standard InChI is InChI=1S/C32H24ClN9O13S4/c1-3-9-56-55-53-15-25-36-29(54-42-25)17-5-4-6-19(11-17)40-41-27-16(2)10-18-12-21(58(47,48)49)14-23(26(18)28(27)43)35-32-38-30(33)37-31(39-32)34-22-13-20(57(44,45)46)7-8-24(22)59(50,51)52/h4-8,10-14,43H,15H2,1-2H3,(H,44,45,46)(H,47,48,49)(H,50,51,52)(H2,34,35,37,38,39). The Balaban J connectivity index is 1.35. The van der Waals surface area contributed by atoms with Gasteiger partial charge in [-0.05, 0) is 96.2 Å². The molecule has 6 rings (SSSR count). The quantitative estimate of drug-likeness (QED) is 0.0130. The number of azo groups is 1. The molecule has 0 fully saturated rings. The van der Waals surface area contributed by atoms with E-state index >= 15 is 0 Å². The normalized spacial score (nSPS) is 12.1. The Morgan fingerprint density at radius 3 is 2.22 bits per heavy atom. The molecule has 306 valence electrons. The van der Waals surface area contributed by atoms with E-state index in [0.717, 1.165) is 24.2 Å². The Morgan fingerprint density at radius 1 is 0.847 bits per heavy atom. The van der Waals surface area contributed by atoms with E-state index in [4.69, 9.17) is 25.3 Å². The number of aromatic nitrogens is 5. The summed E-state index contributed by atoms with van der Waals surface area (Å²) in [5.41, 5.74) is 0.149. The van der Waals surface area contributed by atoms with Crippen LogP contribution < -0.4 is 10.6 Å². The monoisotopic (exact) mass is 905 g/mol. The molecule has 22 nitrogen and oxygen atoms in total. The second kappa shape index (κ2) is 17.2. The fourth-order valence-corrected chi connectivity index (χ4v) is 7.14. The van der Waals surface area contributed by atoms with Crippen molar-refractivity contribution in [3.8, 4) is 28.4 Å². The number of benzene rings is 4. The number of phenols is 1. The number of anilines is 4. The smallest absolute Gasteiger partial charge is 0.296 e. The molecule has 2 aromatic heterocycles. The van der Waals surface area contributed by atoms with Crippen molar-refractivity contribution in [2.45, 2.75) is 35.1 Å². The molecule has 0 spiro atoms. The van der Waals surface area contributed by atoms with Gasteiger partial charge in [-0.3, -0.25) is 13.7 Å². The molecule has 0 saturated heterocycles. The van der Waals surface area contributed by atoms with Crippen molar-refractivity contribution in [1.29, 1.82) is 0 Å². The number of nitrogens with zero attached hydrogens (tertiary/aromatic N) is 7. The summed E-state index contributed by atoms with van der Waals surface area (Å²) in [7, 11) is -14.7. The van der Waals surface area contributed by atoms with Gasteiger partial charge in [0.1, 0.15) is 29.2 Å². The first kappa shape index (κ1) is 42.7. The average Bonchev–Trinajstić information content (AvgIpc) is 3.62. The van der Waals surface area contributed by atoms with Crippen LogP contribution in [0.25, 0.3) is 22.2 Å². The number of hydrogen-bond acceptors (Lipinski definition) is 20. The number of aromatic hydroxyl groups is 1. The minimum Gasteiger partial charge on any atom is -0.505 e. The zero-order valence-corrected chi connectivity index (χ0v) is 33.6. The number of aryl methyl sites for hydroxylation is 1.